The highest BCUT2D eigenvalue weighted by Gasteiger charge is 2.20. The molecule has 1 N–H and O–H groups in total. The van der Waals surface area contributed by atoms with E-state index in [0.29, 0.717) is 18.8 Å². The molecule has 1 aliphatic carbocycles. The van der Waals surface area contributed by atoms with Crippen LogP contribution in [0.15, 0.2) is 18.5 Å². The number of hydrogen-bond acceptors (Lipinski definition) is 3. The lowest BCUT2D eigenvalue weighted by atomic mass is 9.93. The van der Waals surface area contributed by atoms with E-state index in [1.54, 1.807) is 6.20 Å². The predicted octanol–water partition coefficient (Wildman–Crippen LogP) is 3.05. The van der Waals surface area contributed by atoms with Crippen molar-refractivity contribution in [1.82, 2.24) is 10.3 Å². The van der Waals surface area contributed by atoms with Crippen molar-refractivity contribution < 1.29 is 9.13 Å². The molecule has 3 nitrogen and oxygen atoms in total. The third-order valence-electron chi connectivity index (χ3n) is 3.60. The van der Waals surface area contributed by atoms with Gasteiger partial charge in [-0.15, -0.1) is 0 Å². The van der Waals surface area contributed by atoms with Crippen LogP contribution in [0.5, 0.6) is 0 Å². The summed E-state index contributed by atoms with van der Waals surface area (Å²) in [7, 11) is 0. The first-order chi connectivity index (χ1) is 9.28. The zero-order chi connectivity index (χ0) is 13.5. The summed E-state index contributed by atoms with van der Waals surface area (Å²) in [5.41, 5.74) is 0.811. The quantitative estimate of drug-likeness (QED) is 0.859. The first-order valence-corrected chi connectivity index (χ1v) is 7.22. The van der Waals surface area contributed by atoms with Crippen molar-refractivity contribution in [3.8, 4) is 0 Å². The largest absolute Gasteiger partial charge is 0.373 e. The van der Waals surface area contributed by atoms with E-state index < -0.39 is 0 Å². The van der Waals surface area contributed by atoms with Crippen molar-refractivity contribution in [2.45, 2.75) is 57.8 Å². The molecule has 2 rings (SSSR count). The fraction of sp³-hybridized carbons (Fsp3) is 0.667. The third-order valence-corrected chi connectivity index (χ3v) is 3.60. The van der Waals surface area contributed by atoms with Crippen LogP contribution in [0.4, 0.5) is 4.39 Å². The Bertz CT molecular complexity index is 378. The Kier molecular flexibility index (Phi) is 5.73. The monoisotopic (exact) mass is 266 g/mol. The van der Waals surface area contributed by atoms with Gasteiger partial charge in [0.1, 0.15) is 5.82 Å². The molecule has 1 aromatic rings. The highest BCUT2D eigenvalue weighted by atomic mass is 19.1. The molecule has 1 aromatic heterocycles. The summed E-state index contributed by atoms with van der Waals surface area (Å²) < 4.78 is 18.8. The van der Waals surface area contributed by atoms with Gasteiger partial charge in [-0.3, -0.25) is 4.98 Å². The fourth-order valence-electron chi connectivity index (χ4n) is 2.53. The van der Waals surface area contributed by atoms with E-state index in [1.807, 2.05) is 0 Å². The Morgan fingerprint density at radius 3 is 2.79 bits per heavy atom. The topological polar surface area (TPSA) is 34.1 Å². The average Bonchev–Trinajstić information content (AvgIpc) is 2.44. The molecular formula is C15H23FN2O. The number of nitrogens with zero attached hydrogens (tertiary/aromatic N) is 1. The molecule has 0 aliphatic heterocycles. The molecule has 0 spiro atoms. The van der Waals surface area contributed by atoms with Crippen LogP contribution in [-0.4, -0.2) is 23.7 Å². The summed E-state index contributed by atoms with van der Waals surface area (Å²) in [5.74, 6) is -0.298. The number of rotatable bonds is 6. The number of pyridine rings is 1. The van der Waals surface area contributed by atoms with Crippen LogP contribution in [0.2, 0.25) is 0 Å². The minimum atomic E-state index is -0.298. The number of nitrogens with one attached hydrogen (secondary N) is 1. The third kappa shape index (κ3) is 4.88. The van der Waals surface area contributed by atoms with Crippen LogP contribution in [0.25, 0.3) is 0 Å². The number of halogens is 1. The molecule has 1 saturated carbocycles. The molecule has 0 radical (unpaired) electrons. The molecule has 1 fully saturated rings. The summed E-state index contributed by atoms with van der Waals surface area (Å²) in [6, 6.07) is 2.14. The Labute approximate surface area is 114 Å². The predicted molar refractivity (Wildman–Crippen MR) is 73.3 cm³/mol. The van der Waals surface area contributed by atoms with E-state index in [0.717, 1.165) is 24.9 Å². The fourth-order valence-corrected chi connectivity index (χ4v) is 2.53. The molecule has 1 aliphatic rings. The van der Waals surface area contributed by atoms with Crippen molar-refractivity contribution in [2.24, 2.45) is 0 Å². The highest BCUT2D eigenvalue weighted by Crippen LogP contribution is 2.22. The molecule has 106 valence electrons. The maximum absolute atomic E-state index is 13.0. The Balaban J connectivity index is 1.68. The number of aromatic nitrogens is 1. The molecule has 0 aromatic carbocycles. The lowest BCUT2D eigenvalue weighted by Crippen LogP contribution is -2.35. The van der Waals surface area contributed by atoms with E-state index in [-0.39, 0.29) is 5.82 Å². The van der Waals surface area contributed by atoms with E-state index >= 15 is 0 Å². The van der Waals surface area contributed by atoms with Crippen LogP contribution < -0.4 is 5.32 Å². The molecule has 4 heteroatoms. The van der Waals surface area contributed by atoms with Crippen molar-refractivity contribution in [3.05, 3.63) is 29.8 Å². The summed E-state index contributed by atoms with van der Waals surface area (Å²) in [4.78, 5) is 3.83. The van der Waals surface area contributed by atoms with Crippen molar-refractivity contribution >= 4 is 0 Å². The van der Waals surface area contributed by atoms with Gasteiger partial charge in [-0.05, 0) is 50.3 Å². The highest BCUT2D eigenvalue weighted by molar-refractivity contribution is 5.08. The Morgan fingerprint density at radius 2 is 2.11 bits per heavy atom. The van der Waals surface area contributed by atoms with Crippen LogP contribution in [0.1, 0.15) is 44.6 Å². The van der Waals surface area contributed by atoms with Gasteiger partial charge in [0.25, 0.3) is 0 Å². The van der Waals surface area contributed by atoms with Gasteiger partial charge in [0.15, 0.2) is 0 Å². The van der Waals surface area contributed by atoms with Gasteiger partial charge in [0.2, 0.25) is 0 Å². The van der Waals surface area contributed by atoms with Gasteiger partial charge in [-0.1, -0.05) is 6.92 Å². The normalized spacial score (nSPS) is 23.5. The standard InChI is InChI=1S/C15H23FN2O/c1-2-7-18-14-3-5-15(6-4-14)19-11-12-8-13(16)10-17-9-12/h8-10,14-15,18H,2-7,11H2,1H3. The van der Waals surface area contributed by atoms with Crippen LogP contribution in [0.3, 0.4) is 0 Å². The molecule has 0 amide bonds. The second-order valence-corrected chi connectivity index (χ2v) is 5.25. The van der Waals surface area contributed by atoms with E-state index in [4.69, 9.17) is 4.74 Å². The van der Waals surface area contributed by atoms with Gasteiger partial charge in [-0.2, -0.15) is 0 Å². The number of hydrogen-bond donors (Lipinski definition) is 1. The van der Waals surface area contributed by atoms with Crippen LogP contribution in [0, 0.1) is 5.82 Å². The molecule has 1 heterocycles. The summed E-state index contributed by atoms with van der Waals surface area (Å²) >= 11 is 0. The Hall–Kier alpha value is -1.00. The van der Waals surface area contributed by atoms with E-state index in [9.17, 15) is 4.39 Å². The minimum absolute atomic E-state index is 0.298. The van der Waals surface area contributed by atoms with Crippen molar-refractivity contribution in [2.75, 3.05) is 6.54 Å². The van der Waals surface area contributed by atoms with Gasteiger partial charge < -0.3 is 10.1 Å². The zero-order valence-corrected chi connectivity index (χ0v) is 11.6. The molecule has 19 heavy (non-hydrogen) atoms. The first-order valence-electron chi connectivity index (χ1n) is 7.22. The van der Waals surface area contributed by atoms with E-state index in [1.165, 1.54) is 31.5 Å². The van der Waals surface area contributed by atoms with Gasteiger partial charge in [0.05, 0.1) is 18.9 Å². The smallest absolute Gasteiger partial charge is 0.141 e. The Morgan fingerprint density at radius 1 is 1.32 bits per heavy atom. The summed E-state index contributed by atoms with van der Waals surface area (Å²) in [6.07, 6.45) is 8.89. The van der Waals surface area contributed by atoms with Gasteiger partial charge >= 0.3 is 0 Å². The van der Waals surface area contributed by atoms with Gasteiger partial charge in [-0.25, -0.2) is 4.39 Å². The van der Waals surface area contributed by atoms with Crippen LogP contribution >= 0.6 is 0 Å². The second kappa shape index (κ2) is 7.56. The first kappa shape index (κ1) is 14.4. The maximum Gasteiger partial charge on any atom is 0.141 e. The molecule has 0 bridgehead atoms. The molecular weight excluding hydrogens is 243 g/mol. The lowest BCUT2D eigenvalue weighted by Gasteiger charge is -2.29. The molecule has 0 atom stereocenters. The summed E-state index contributed by atoms with van der Waals surface area (Å²) in [6.45, 7) is 3.75. The zero-order valence-electron chi connectivity index (χ0n) is 11.6. The maximum atomic E-state index is 13.0. The SMILES string of the molecule is CCCNC1CCC(OCc2cncc(F)c2)CC1. The van der Waals surface area contributed by atoms with E-state index in [2.05, 4.69) is 17.2 Å². The van der Waals surface area contributed by atoms with Gasteiger partial charge in [0, 0.05) is 12.2 Å². The molecule has 0 unspecified atom stereocenters. The van der Waals surface area contributed by atoms with Crippen molar-refractivity contribution in [3.63, 3.8) is 0 Å². The summed E-state index contributed by atoms with van der Waals surface area (Å²) in [5, 5.41) is 3.56. The number of ether oxygens (including phenoxy) is 1. The van der Waals surface area contributed by atoms with Crippen molar-refractivity contribution in [1.29, 1.82) is 0 Å². The lowest BCUT2D eigenvalue weighted by molar-refractivity contribution is 0.0111. The second-order valence-electron chi connectivity index (χ2n) is 5.25. The molecule has 0 saturated heterocycles. The minimum Gasteiger partial charge on any atom is -0.373 e. The average molecular weight is 266 g/mol. The van der Waals surface area contributed by atoms with Crippen LogP contribution in [-0.2, 0) is 11.3 Å².